The highest BCUT2D eigenvalue weighted by molar-refractivity contribution is 7.98. The highest BCUT2D eigenvalue weighted by atomic mass is 32.2. The van der Waals surface area contributed by atoms with Crippen LogP contribution >= 0.6 is 11.8 Å². The van der Waals surface area contributed by atoms with Crippen LogP contribution in [0.5, 0.6) is 5.75 Å². The van der Waals surface area contributed by atoms with Crippen molar-refractivity contribution in [3.05, 3.63) is 29.8 Å². The molecule has 0 fully saturated rings. The average molecular weight is 598 g/mol. The number of phenolic OH excluding ortho intramolecular Hbond substituents is 1. The zero-order valence-electron chi connectivity index (χ0n) is 23.2. The van der Waals surface area contributed by atoms with Gasteiger partial charge in [-0.05, 0) is 42.0 Å². The number of aliphatic carboxylic acids is 2. The van der Waals surface area contributed by atoms with E-state index < -0.39 is 72.7 Å². The monoisotopic (exact) mass is 597 g/mol. The maximum atomic E-state index is 13.3. The molecule has 5 atom stereocenters. The molecule has 4 amide bonds. The number of rotatable bonds is 18. The number of benzene rings is 1. The Bertz CT molecular complexity index is 1070. The summed E-state index contributed by atoms with van der Waals surface area (Å²) in [5.41, 5.74) is 6.57. The predicted octanol–water partition coefficient (Wildman–Crippen LogP) is -0.809. The van der Waals surface area contributed by atoms with E-state index >= 15 is 0 Å². The lowest BCUT2D eigenvalue weighted by molar-refractivity contribution is -0.142. The highest BCUT2D eigenvalue weighted by Crippen LogP contribution is 2.13. The van der Waals surface area contributed by atoms with Gasteiger partial charge in [0.2, 0.25) is 23.6 Å². The first kappa shape index (κ1) is 35.2. The van der Waals surface area contributed by atoms with Crippen molar-refractivity contribution in [1.82, 2.24) is 21.3 Å². The van der Waals surface area contributed by atoms with Gasteiger partial charge in [0.1, 0.15) is 30.4 Å². The van der Waals surface area contributed by atoms with Gasteiger partial charge in [0.15, 0.2) is 0 Å². The van der Waals surface area contributed by atoms with Crippen LogP contribution in [-0.4, -0.2) is 93.6 Å². The average Bonchev–Trinajstić information content (AvgIpc) is 2.92. The molecule has 0 bridgehead atoms. The molecule has 0 unspecified atom stereocenters. The van der Waals surface area contributed by atoms with Crippen LogP contribution in [0, 0.1) is 5.92 Å². The lowest BCUT2D eigenvalue weighted by Gasteiger charge is -2.26. The number of carboxylic acid groups (broad SMARTS) is 2. The van der Waals surface area contributed by atoms with Crippen LogP contribution in [0.2, 0.25) is 0 Å². The van der Waals surface area contributed by atoms with Gasteiger partial charge >= 0.3 is 11.9 Å². The number of nitrogens with two attached hydrogens (primary N) is 1. The van der Waals surface area contributed by atoms with Crippen LogP contribution in [-0.2, 0) is 35.2 Å². The third kappa shape index (κ3) is 12.9. The fourth-order valence-corrected chi connectivity index (χ4v) is 4.05. The van der Waals surface area contributed by atoms with Crippen LogP contribution in [0.25, 0.3) is 0 Å². The summed E-state index contributed by atoms with van der Waals surface area (Å²) in [5, 5.41) is 37.3. The lowest BCUT2D eigenvalue weighted by Crippen LogP contribution is -2.59. The van der Waals surface area contributed by atoms with Crippen molar-refractivity contribution in [3.63, 3.8) is 0 Å². The molecule has 0 aromatic heterocycles. The normalized spacial score (nSPS) is 14.4. The van der Waals surface area contributed by atoms with Crippen LogP contribution in [0.1, 0.15) is 38.7 Å². The Labute approximate surface area is 242 Å². The number of aromatic hydroxyl groups is 1. The van der Waals surface area contributed by atoms with Crippen molar-refractivity contribution >= 4 is 47.3 Å². The largest absolute Gasteiger partial charge is 0.508 e. The summed E-state index contributed by atoms with van der Waals surface area (Å²) in [4.78, 5) is 74.1. The van der Waals surface area contributed by atoms with Crippen LogP contribution in [0.3, 0.4) is 0 Å². The number of nitrogens with one attached hydrogen (secondary N) is 4. The van der Waals surface area contributed by atoms with Gasteiger partial charge in [-0.1, -0.05) is 32.4 Å². The van der Waals surface area contributed by atoms with Crippen LogP contribution < -0.4 is 27.0 Å². The van der Waals surface area contributed by atoms with E-state index in [1.54, 1.807) is 13.2 Å². The number of hydrogen-bond acceptors (Lipinski definition) is 9. The molecule has 228 valence electrons. The van der Waals surface area contributed by atoms with E-state index in [9.17, 15) is 39.0 Å². The summed E-state index contributed by atoms with van der Waals surface area (Å²) in [5.74, 6) is -5.78. The van der Waals surface area contributed by atoms with Crippen molar-refractivity contribution in [2.75, 3.05) is 18.6 Å². The minimum absolute atomic E-state index is 0.0146. The summed E-state index contributed by atoms with van der Waals surface area (Å²) < 4.78 is 0. The van der Waals surface area contributed by atoms with E-state index in [1.165, 1.54) is 36.0 Å². The third-order valence-electron chi connectivity index (χ3n) is 6.24. The third-order valence-corrected chi connectivity index (χ3v) is 6.88. The fourth-order valence-electron chi connectivity index (χ4n) is 3.58. The van der Waals surface area contributed by atoms with Crippen molar-refractivity contribution in [1.29, 1.82) is 0 Å². The molecule has 0 saturated carbocycles. The summed E-state index contributed by atoms with van der Waals surface area (Å²) in [7, 11) is 0. The van der Waals surface area contributed by atoms with Gasteiger partial charge in [0.05, 0.1) is 12.5 Å². The Kier molecular flexibility index (Phi) is 15.2. The molecule has 15 heteroatoms. The number of carbonyl (C=O) groups is 6. The summed E-state index contributed by atoms with van der Waals surface area (Å²) >= 11 is 1.37. The standard InChI is InChI=1S/C26H39N5O9S/c1-4-14(2)22(27)26(40)31-18(11-15-5-7-16(32)8-6-15)24(38)30-19(12-20(33)34)25(39)29-17(9-10-41-3)23(37)28-13-21(35)36/h5-8,14,17-19,22,32H,4,9-13,27H2,1-3H3,(H,28,37)(H,29,39)(H,30,38)(H,31,40)(H,33,34)(H,35,36)/t14-,17-,18-,19-,22-/m0/s1. The van der Waals surface area contributed by atoms with Gasteiger partial charge in [0, 0.05) is 6.42 Å². The van der Waals surface area contributed by atoms with E-state index in [0.717, 1.165) is 0 Å². The first-order chi connectivity index (χ1) is 19.3. The van der Waals surface area contributed by atoms with Gasteiger partial charge in [-0.15, -0.1) is 0 Å². The molecule has 0 saturated heterocycles. The van der Waals surface area contributed by atoms with Crippen LogP contribution in [0.4, 0.5) is 0 Å². The molecular formula is C26H39N5O9S. The van der Waals surface area contributed by atoms with Gasteiger partial charge in [0.25, 0.3) is 0 Å². The first-order valence-corrected chi connectivity index (χ1v) is 14.3. The van der Waals surface area contributed by atoms with Crippen LogP contribution in [0.15, 0.2) is 24.3 Å². The lowest BCUT2D eigenvalue weighted by atomic mass is 9.98. The maximum Gasteiger partial charge on any atom is 0.322 e. The van der Waals surface area contributed by atoms with E-state index in [0.29, 0.717) is 17.7 Å². The second kappa shape index (κ2) is 17.8. The maximum absolute atomic E-state index is 13.3. The van der Waals surface area contributed by atoms with E-state index in [-0.39, 0.29) is 24.5 Å². The molecule has 1 aromatic carbocycles. The summed E-state index contributed by atoms with van der Waals surface area (Å²) in [6.07, 6.45) is 1.56. The zero-order valence-corrected chi connectivity index (χ0v) is 24.0. The van der Waals surface area contributed by atoms with Gasteiger partial charge in [-0.25, -0.2) is 0 Å². The summed E-state index contributed by atoms with van der Waals surface area (Å²) in [6.45, 7) is 2.94. The van der Waals surface area contributed by atoms with Gasteiger partial charge in [-0.3, -0.25) is 28.8 Å². The molecule has 0 aliphatic heterocycles. The van der Waals surface area contributed by atoms with E-state index in [2.05, 4.69) is 21.3 Å². The summed E-state index contributed by atoms with van der Waals surface area (Å²) in [6, 6.07) is 0.819. The SMILES string of the molecule is CC[C@H](C)[C@H](N)C(=O)N[C@@H](Cc1ccc(O)cc1)C(=O)N[C@@H](CC(=O)O)C(=O)N[C@@H](CCSC)C(=O)NCC(=O)O. The predicted molar refractivity (Wildman–Crippen MR) is 151 cm³/mol. The van der Waals surface area contributed by atoms with Gasteiger partial charge in [-0.2, -0.15) is 11.8 Å². The Balaban J connectivity index is 3.19. The molecular weight excluding hydrogens is 558 g/mol. The van der Waals surface area contributed by atoms with E-state index in [4.69, 9.17) is 10.8 Å². The first-order valence-electron chi connectivity index (χ1n) is 12.9. The number of amides is 4. The van der Waals surface area contributed by atoms with Crippen molar-refractivity contribution in [2.24, 2.45) is 11.7 Å². The molecule has 14 nitrogen and oxygen atoms in total. The Hall–Kier alpha value is -3.85. The Morgan fingerprint density at radius 1 is 0.854 bits per heavy atom. The second-order valence-electron chi connectivity index (χ2n) is 9.46. The van der Waals surface area contributed by atoms with E-state index in [1.807, 2.05) is 6.92 Å². The molecule has 9 N–H and O–H groups in total. The minimum atomic E-state index is -1.63. The highest BCUT2D eigenvalue weighted by Gasteiger charge is 2.32. The second-order valence-corrected chi connectivity index (χ2v) is 10.4. The van der Waals surface area contributed by atoms with Crippen molar-refractivity contribution < 1.29 is 44.1 Å². The molecule has 41 heavy (non-hydrogen) atoms. The zero-order chi connectivity index (χ0) is 31.1. The van der Waals surface area contributed by atoms with Crippen molar-refractivity contribution in [3.8, 4) is 5.75 Å². The number of carboxylic acids is 2. The molecule has 0 heterocycles. The minimum Gasteiger partial charge on any atom is -0.508 e. The fraction of sp³-hybridized carbons (Fsp3) is 0.538. The molecule has 1 aromatic rings. The quantitative estimate of drug-likeness (QED) is 0.104. The van der Waals surface area contributed by atoms with Crippen molar-refractivity contribution in [2.45, 2.75) is 63.7 Å². The topological polar surface area (TPSA) is 237 Å². The Morgan fingerprint density at radius 2 is 1.41 bits per heavy atom. The number of thioether (sulfide) groups is 1. The molecule has 0 spiro atoms. The van der Waals surface area contributed by atoms with Gasteiger partial charge < -0.3 is 42.3 Å². The number of hydrogen-bond donors (Lipinski definition) is 8. The molecule has 1 rings (SSSR count). The number of carbonyl (C=O) groups excluding carboxylic acids is 4. The molecule has 0 aliphatic carbocycles. The molecule has 0 radical (unpaired) electrons. The Morgan fingerprint density at radius 3 is 1.95 bits per heavy atom. The number of phenols is 1. The molecule has 0 aliphatic rings. The smallest absolute Gasteiger partial charge is 0.322 e.